The number of nitrogens with zero attached hydrogens (tertiary/aromatic N) is 2. The monoisotopic (exact) mass is 336 g/mol. The zero-order valence-corrected chi connectivity index (χ0v) is 14.4. The Balaban J connectivity index is 1.73. The Morgan fingerprint density at radius 3 is 2.92 bits per heavy atom. The Morgan fingerprint density at radius 2 is 2.16 bits per heavy atom. The molecule has 5 heteroatoms. The predicted molar refractivity (Wildman–Crippen MR) is 95.6 cm³/mol. The number of ether oxygens (including phenoxy) is 1. The highest BCUT2D eigenvalue weighted by Gasteiger charge is 2.23. The minimum absolute atomic E-state index is 0.306. The van der Waals surface area contributed by atoms with Crippen LogP contribution in [0.25, 0.3) is 11.0 Å². The van der Waals surface area contributed by atoms with Crippen LogP contribution in [0.2, 0.25) is 0 Å². The van der Waals surface area contributed by atoms with Gasteiger partial charge in [0.05, 0.1) is 5.69 Å². The Morgan fingerprint density at radius 1 is 1.28 bits per heavy atom. The van der Waals surface area contributed by atoms with E-state index < -0.39 is 0 Å². The van der Waals surface area contributed by atoms with Crippen molar-refractivity contribution < 1.29 is 9.15 Å². The van der Waals surface area contributed by atoms with Crippen LogP contribution in [-0.4, -0.2) is 16.6 Å². The molecule has 1 aromatic carbocycles. The second kappa shape index (κ2) is 6.33. The second-order valence-corrected chi connectivity index (χ2v) is 6.39. The summed E-state index contributed by atoms with van der Waals surface area (Å²) in [4.78, 5) is 18.4. The van der Waals surface area contributed by atoms with Crippen molar-refractivity contribution in [3.8, 4) is 5.75 Å². The van der Waals surface area contributed by atoms with Crippen LogP contribution < -0.4 is 10.4 Å². The molecule has 0 spiro atoms. The molecule has 3 heterocycles. The fourth-order valence-corrected chi connectivity index (χ4v) is 3.45. The van der Waals surface area contributed by atoms with Crippen molar-refractivity contribution in [2.75, 3.05) is 6.73 Å². The SMILES string of the molecule is CCc1cc(=O)oc2c(C)c3c(cc12)CN(Cc1ccccn1)CO3. The Kier molecular flexibility index (Phi) is 4.01. The third-order valence-electron chi connectivity index (χ3n) is 4.65. The summed E-state index contributed by atoms with van der Waals surface area (Å²) in [5.41, 5.74) is 4.39. The molecule has 5 nitrogen and oxygen atoms in total. The predicted octanol–water partition coefficient (Wildman–Crippen LogP) is 3.41. The lowest BCUT2D eigenvalue weighted by molar-refractivity contribution is 0.0870. The van der Waals surface area contributed by atoms with Crippen LogP contribution in [0, 0.1) is 6.92 Å². The van der Waals surface area contributed by atoms with Crippen LogP contribution in [0.1, 0.15) is 29.3 Å². The molecule has 0 bridgehead atoms. The molecule has 0 saturated carbocycles. The molecule has 0 N–H and O–H groups in total. The lowest BCUT2D eigenvalue weighted by Gasteiger charge is -2.30. The van der Waals surface area contributed by atoms with E-state index in [0.717, 1.165) is 53.0 Å². The van der Waals surface area contributed by atoms with Gasteiger partial charge in [-0.2, -0.15) is 0 Å². The van der Waals surface area contributed by atoms with Crippen molar-refractivity contribution in [3.63, 3.8) is 0 Å². The van der Waals surface area contributed by atoms with E-state index in [0.29, 0.717) is 12.3 Å². The van der Waals surface area contributed by atoms with E-state index in [1.165, 1.54) is 0 Å². The molecule has 2 aromatic heterocycles. The number of benzene rings is 1. The van der Waals surface area contributed by atoms with Crippen molar-refractivity contribution in [1.82, 2.24) is 9.88 Å². The highest BCUT2D eigenvalue weighted by Crippen LogP contribution is 2.36. The topological polar surface area (TPSA) is 55.6 Å². The summed E-state index contributed by atoms with van der Waals surface area (Å²) in [6, 6.07) is 9.62. The van der Waals surface area contributed by atoms with E-state index in [2.05, 4.69) is 16.0 Å². The highest BCUT2D eigenvalue weighted by molar-refractivity contribution is 5.86. The summed E-state index contributed by atoms with van der Waals surface area (Å²) in [5, 5.41) is 1.00. The molecule has 0 radical (unpaired) electrons. The number of aromatic nitrogens is 1. The van der Waals surface area contributed by atoms with Crippen LogP contribution in [-0.2, 0) is 19.5 Å². The van der Waals surface area contributed by atoms with Gasteiger partial charge in [-0.1, -0.05) is 13.0 Å². The Bertz CT molecular complexity index is 980. The largest absolute Gasteiger partial charge is 0.477 e. The molecule has 25 heavy (non-hydrogen) atoms. The molecule has 0 atom stereocenters. The maximum Gasteiger partial charge on any atom is 0.336 e. The van der Waals surface area contributed by atoms with Gasteiger partial charge in [-0.05, 0) is 37.1 Å². The van der Waals surface area contributed by atoms with Crippen LogP contribution in [0.5, 0.6) is 5.75 Å². The number of hydrogen-bond donors (Lipinski definition) is 0. The summed E-state index contributed by atoms with van der Waals surface area (Å²) in [5.74, 6) is 0.834. The van der Waals surface area contributed by atoms with Crippen LogP contribution in [0.15, 0.2) is 45.7 Å². The number of pyridine rings is 1. The molecule has 4 rings (SSSR count). The molecule has 128 valence electrons. The van der Waals surface area contributed by atoms with Gasteiger partial charge in [0.15, 0.2) is 0 Å². The third-order valence-corrected chi connectivity index (χ3v) is 4.65. The third kappa shape index (κ3) is 2.91. The fourth-order valence-electron chi connectivity index (χ4n) is 3.45. The first-order valence-corrected chi connectivity index (χ1v) is 8.50. The smallest absolute Gasteiger partial charge is 0.336 e. The molecule has 0 fully saturated rings. The summed E-state index contributed by atoms with van der Waals surface area (Å²) in [6.45, 7) is 6.02. The summed E-state index contributed by atoms with van der Waals surface area (Å²) < 4.78 is 11.5. The minimum atomic E-state index is -0.306. The number of fused-ring (bicyclic) bond motifs is 2. The van der Waals surface area contributed by atoms with Gasteiger partial charge in [0, 0.05) is 41.9 Å². The van der Waals surface area contributed by atoms with Crippen molar-refractivity contribution in [2.24, 2.45) is 0 Å². The molecule has 1 aliphatic heterocycles. The average molecular weight is 336 g/mol. The molecular weight excluding hydrogens is 316 g/mol. The van der Waals surface area contributed by atoms with Gasteiger partial charge in [0.2, 0.25) is 0 Å². The first kappa shape index (κ1) is 15.8. The maximum atomic E-state index is 11.8. The summed E-state index contributed by atoms with van der Waals surface area (Å²) in [6.07, 6.45) is 2.60. The van der Waals surface area contributed by atoms with Crippen LogP contribution in [0.3, 0.4) is 0 Å². The van der Waals surface area contributed by atoms with Crippen molar-refractivity contribution in [3.05, 3.63) is 69.3 Å². The quantitative estimate of drug-likeness (QED) is 0.686. The standard InChI is InChI=1S/C20H20N2O3/c1-3-14-9-18(23)25-20-13(2)19-15(8-17(14)20)10-22(12-24-19)11-16-6-4-5-7-21-16/h4-9H,3,10-12H2,1-2H3. The van der Waals surface area contributed by atoms with Crippen molar-refractivity contribution >= 4 is 11.0 Å². The van der Waals surface area contributed by atoms with E-state index in [9.17, 15) is 4.79 Å². The average Bonchev–Trinajstić information content (AvgIpc) is 2.63. The Hall–Kier alpha value is -2.66. The van der Waals surface area contributed by atoms with Crippen molar-refractivity contribution in [1.29, 1.82) is 0 Å². The maximum absolute atomic E-state index is 11.8. The highest BCUT2D eigenvalue weighted by atomic mass is 16.5. The van der Waals surface area contributed by atoms with Gasteiger partial charge in [-0.15, -0.1) is 0 Å². The summed E-state index contributed by atoms with van der Waals surface area (Å²) in [7, 11) is 0. The van der Waals surface area contributed by atoms with E-state index in [1.54, 1.807) is 12.3 Å². The summed E-state index contributed by atoms with van der Waals surface area (Å²) >= 11 is 0. The van der Waals surface area contributed by atoms with Crippen LogP contribution >= 0.6 is 0 Å². The fraction of sp³-hybridized carbons (Fsp3) is 0.300. The number of rotatable bonds is 3. The molecule has 3 aromatic rings. The Labute approximate surface area is 145 Å². The zero-order chi connectivity index (χ0) is 17.4. The van der Waals surface area contributed by atoms with E-state index in [4.69, 9.17) is 9.15 Å². The first-order valence-electron chi connectivity index (χ1n) is 8.50. The lowest BCUT2D eigenvalue weighted by atomic mass is 9.99. The van der Waals surface area contributed by atoms with Gasteiger partial charge < -0.3 is 9.15 Å². The minimum Gasteiger partial charge on any atom is -0.477 e. The first-order chi connectivity index (χ1) is 12.2. The van der Waals surface area contributed by atoms with Gasteiger partial charge >= 0.3 is 5.63 Å². The lowest BCUT2D eigenvalue weighted by Crippen LogP contribution is -2.32. The normalized spacial score (nSPS) is 14.3. The molecule has 0 aliphatic carbocycles. The molecule has 0 saturated heterocycles. The molecule has 0 unspecified atom stereocenters. The zero-order valence-electron chi connectivity index (χ0n) is 14.4. The van der Waals surface area contributed by atoms with E-state index in [1.807, 2.05) is 32.0 Å². The molecular formula is C20H20N2O3. The van der Waals surface area contributed by atoms with Gasteiger partial charge in [0.25, 0.3) is 0 Å². The van der Waals surface area contributed by atoms with E-state index in [-0.39, 0.29) is 5.63 Å². The number of aryl methyl sites for hydroxylation is 2. The van der Waals surface area contributed by atoms with Gasteiger partial charge in [0.1, 0.15) is 18.1 Å². The van der Waals surface area contributed by atoms with Gasteiger partial charge in [-0.3, -0.25) is 9.88 Å². The van der Waals surface area contributed by atoms with Crippen LogP contribution in [0.4, 0.5) is 0 Å². The van der Waals surface area contributed by atoms with Crippen molar-refractivity contribution in [2.45, 2.75) is 33.4 Å². The van der Waals surface area contributed by atoms with E-state index >= 15 is 0 Å². The van der Waals surface area contributed by atoms with Gasteiger partial charge in [-0.25, -0.2) is 4.79 Å². The second-order valence-electron chi connectivity index (χ2n) is 6.39. The molecule has 1 aliphatic rings. The molecule has 0 amide bonds. The number of hydrogen-bond acceptors (Lipinski definition) is 5.